The van der Waals surface area contributed by atoms with E-state index in [1.165, 1.54) is 37.9 Å². The van der Waals surface area contributed by atoms with Gasteiger partial charge in [-0.15, -0.1) is 0 Å². The van der Waals surface area contributed by atoms with Crippen molar-refractivity contribution in [1.82, 2.24) is 24.6 Å². The summed E-state index contributed by atoms with van der Waals surface area (Å²) < 4.78 is 12.8. The van der Waals surface area contributed by atoms with Gasteiger partial charge in [0.25, 0.3) is 0 Å². The first-order valence-electron chi connectivity index (χ1n) is 9.35. The number of ether oxygens (including phenoxy) is 1. The SMILES string of the molecule is COCc1noc(CN2CCC[C@@H](c3nccn3CC3CCC3)C2)n1. The van der Waals surface area contributed by atoms with Crippen LogP contribution in [0.1, 0.15) is 55.6 Å². The van der Waals surface area contributed by atoms with Crippen LogP contribution < -0.4 is 0 Å². The maximum Gasteiger partial charge on any atom is 0.240 e. The molecule has 2 fully saturated rings. The van der Waals surface area contributed by atoms with Gasteiger partial charge in [0.1, 0.15) is 12.4 Å². The van der Waals surface area contributed by atoms with Crippen LogP contribution in [0.15, 0.2) is 16.9 Å². The Labute approximate surface area is 148 Å². The van der Waals surface area contributed by atoms with E-state index in [9.17, 15) is 0 Å². The Bertz CT molecular complexity index is 679. The van der Waals surface area contributed by atoms with E-state index >= 15 is 0 Å². The topological polar surface area (TPSA) is 69.2 Å². The van der Waals surface area contributed by atoms with Crippen molar-refractivity contribution in [3.63, 3.8) is 0 Å². The van der Waals surface area contributed by atoms with Crippen molar-refractivity contribution in [2.45, 2.75) is 57.7 Å². The van der Waals surface area contributed by atoms with Crippen LogP contribution in [0.3, 0.4) is 0 Å². The van der Waals surface area contributed by atoms with Gasteiger partial charge in [-0.2, -0.15) is 4.98 Å². The number of aromatic nitrogens is 4. The zero-order chi connectivity index (χ0) is 17.1. The number of hydrogen-bond acceptors (Lipinski definition) is 6. The number of imidazole rings is 1. The highest BCUT2D eigenvalue weighted by Gasteiger charge is 2.27. The van der Waals surface area contributed by atoms with E-state index in [2.05, 4.69) is 30.8 Å². The second kappa shape index (κ2) is 7.66. The van der Waals surface area contributed by atoms with Crippen LogP contribution in [-0.4, -0.2) is 44.8 Å². The molecule has 2 aromatic heterocycles. The Morgan fingerprint density at radius 1 is 1.28 bits per heavy atom. The average molecular weight is 345 g/mol. The van der Waals surface area contributed by atoms with Gasteiger partial charge < -0.3 is 13.8 Å². The van der Waals surface area contributed by atoms with Crippen LogP contribution in [0.2, 0.25) is 0 Å². The van der Waals surface area contributed by atoms with Crippen molar-refractivity contribution in [2.24, 2.45) is 5.92 Å². The van der Waals surface area contributed by atoms with Crippen LogP contribution in [0.4, 0.5) is 0 Å². The lowest BCUT2D eigenvalue weighted by molar-refractivity contribution is 0.168. The van der Waals surface area contributed by atoms with Gasteiger partial charge in [0.15, 0.2) is 5.82 Å². The summed E-state index contributed by atoms with van der Waals surface area (Å²) in [5.41, 5.74) is 0. The molecule has 7 nitrogen and oxygen atoms in total. The summed E-state index contributed by atoms with van der Waals surface area (Å²) in [6.07, 6.45) is 10.6. The lowest BCUT2D eigenvalue weighted by Crippen LogP contribution is -2.35. The highest BCUT2D eigenvalue weighted by molar-refractivity contribution is 5.04. The van der Waals surface area contributed by atoms with Crippen molar-refractivity contribution >= 4 is 0 Å². The Kier molecular flexibility index (Phi) is 5.12. The molecular formula is C18H27N5O2. The van der Waals surface area contributed by atoms with E-state index in [4.69, 9.17) is 9.26 Å². The molecule has 7 heteroatoms. The van der Waals surface area contributed by atoms with Crippen molar-refractivity contribution < 1.29 is 9.26 Å². The van der Waals surface area contributed by atoms with E-state index in [0.29, 0.717) is 30.8 Å². The summed E-state index contributed by atoms with van der Waals surface area (Å²) >= 11 is 0. The normalized spacial score (nSPS) is 22.2. The van der Waals surface area contributed by atoms with E-state index in [1.807, 2.05) is 6.20 Å². The fourth-order valence-corrected chi connectivity index (χ4v) is 3.93. The van der Waals surface area contributed by atoms with Gasteiger partial charge in [-0.05, 0) is 38.1 Å². The zero-order valence-corrected chi connectivity index (χ0v) is 14.9. The molecule has 1 aliphatic heterocycles. The maximum atomic E-state index is 5.34. The van der Waals surface area contributed by atoms with Gasteiger partial charge in [0.05, 0.1) is 6.54 Å². The first kappa shape index (κ1) is 16.7. The predicted octanol–water partition coefficient (Wildman–Crippen LogP) is 2.59. The van der Waals surface area contributed by atoms with E-state index in [-0.39, 0.29) is 0 Å². The average Bonchev–Trinajstić information content (AvgIpc) is 3.21. The van der Waals surface area contributed by atoms with Crippen LogP contribution in [0.5, 0.6) is 0 Å². The van der Waals surface area contributed by atoms with Gasteiger partial charge in [0, 0.05) is 38.5 Å². The van der Waals surface area contributed by atoms with Crippen LogP contribution in [-0.2, 0) is 24.4 Å². The molecule has 0 radical (unpaired) electrons. The standard InChI is InChI=1S/C18H27N5O2/c1-24-13-16-20-17(25-21-16)12-22-8-3-6-15(11-22)18-19-7-9-23(18)10-14-4-2-5-14/h7,9,14-15H,2-6,8,10-13H2,1H3/t15-/m1/s1. The quantitative estimate of drug-likeness (QED) is 0.768. The van der Waals surface area contributed by atoms with Gasteiger partial charge in [-0.25, -0.2) is 4.98 Å². The molecule has 0 spiro atoms. The molecule has 1 aliphatic carbocycles. The number of hydrogen-bond donors (Lipinski definition) is 0. The minimum Gasteiger partial charge on any atom is -0.377 e. The largest absolute Gasteiger partial charge is 0.377 e. The Balaban J connectivity index is 1.38. The van der Waals surface area contributed by atoms with E-state index < -0.39 is 0 Å². The lowest BCUT2D eigenvalue weighted by Gasteiger charge is -2.33. The summed E-state index contributed by atoms with van der Waals surface area (Å²) in [6, 6.07) is 0. The van der Waals surface area contributed by atoms with Crippen molar-refractivity contribution in [2.75, 3.05) is 20.2 Å². The molecule has 0 N–H and O–H groups in total. The summed E-state index contributed by atoms with van der Waals surface area (Å²) in [5, 5.41) is 3.95. The molecule has 2 aromatic rings. The maximum absolute atomic E-state index is 5.34. The third-order valence-electron chi connectivity index (χ3n) is 5.44. The molecule has 0 bridgehead atoms. The minimum atomic E-state index is 0.394. The van der Waals surface area contributed by atoms with Crippen molar-refractivity contribution in [1.29, 1.82) is 0 Å². The molecule has 1 saturated carbocycles. The monoisotopic (exact) mass is 345 g/mol. The van der Waals surface area contributed by atoms with Gasteiger partial charge in [-0.1, -0.05) is 11.6 Å². The van der Waals surface area contributed by atoms with Crippen LogP contribution in [0, 0.1) is 5.92 Å². The van der Waals surface area contributed by atoms with Crippen molar-refractivity contribution in [3.05, 3.63) is 29.9 Å². The number of rotatable bonds is 7. The number of nitrogens with zero attached hydrogens (tertiary/aromatic N) is 5. The van der Waals surface area contributed by atoms with E-state index in [0.717, 1.165) is 25.6 Å². The van der Waals surface area contributed by atoms with Crippen molar-refractivity contribution in [3.8, 4) is 0 Å². The Hall–Kier alpha value is -1.73. The first-order valence-corrected chi connectivity index (χ1v) is 9.35. The smallest absolute Gasteiger partial charge is 0.240 e. The molecule has 4 rings (SSSR count). The van der Waals surface area contributed by atoms with Gasteiger partial charge in [0.2, 0.25) is 5.89 Å². The number of likely N-dealkylation sites (tertiary alicyclic amines) is 1. The summed E-state index contributed by atoms with van der Waals surface area (Å²) in [4.78, 5) is 11.5. The third kappa shape index (κ3) is 3.93. The van der Waals surface area contributed by atoms with Crippen LogP contribution in [0.25, 0.3) is 0 Å². The number of piperidine rings is 1. The second-order valence-corrected chi connectivity index (χ2v) is 7.35. The third-order valence-corrected chi connectivity index (χ3v) is 5.44. The molecule has 0 amide bonds. The molecule has 2 aliphatic rings. The molecule has 0 unspecified atom stereocenters. The predicted molar refractivity (Wildman–Crippen MR) is 91.8 cm³/mol. The van der Waals surface area contributed by atoms with E-state index in [1.54, 1.807) is 7.11 Å². The number of methoxy groups -OCH3 is 1. The molecule has 136 valence electrons. The molecule has 1 saturated heterocycles. The van der Waals surface area contributed by atoms with Gasteiger partial charge in [-0.3, -0.25) is 4.90 Å². The van der Waals surface area contributed by atoms with Crippen LogP contribution >= 0.6 is 0 Å². The summed E-state index contributed by atoms with van der Waals surface area (Å²) in [5.74, 6) is 3.88. The first-order chi connectivity index (χ1) is 12.3. The fraction of sp³-hybridized carbons (Fsp3) is 0.722. The Morgan fingerprint density at radius 2 is 2.20 bits per heavy atom. The lowest BCUT2D eigenvalue weighted by atomic mass is 9.85. The Morgan fingerprint density at radius 3 is 3.00 bits per heavy atom. The highest BCUT2D eigenvalue weighted by atomic mass is 16.5. The molecule has 25 heavy (non-hydrogen) atoms. The molecular weight excluding hydrogens is 318 g/mol. The molecule has 1 atom stereocenters. The highest BCUT2D eigenvalue weighted by Crippen LogP contribution is 2.31. The fourth-order valence-electron chi connectivity index (χ4n) is 3.93. The summed E-state index contributed by atoms with van der Waals surface area (Å²) in [6.45, 7) is 4.31. The molecule has 3 heterocycles. The minimum absolute atomic E-state index is 0.394. The second-order valence-electron chi connectivity index (χ2n) is 7.35. The zero-order valence-electron chi connectivity index (χ0n) is 14.9. The molecule has 0 aromatic carbocycles. The van der Waals surface area contributed by atoms with Gasteiger partial charge >= 0.3 is 0 Å². The summed E-state index contributed by atoms with van der Waals surface area (Å²) in [7, 11) is 1.64.